The molecule has 1 saturated heterocycles. The van der Waals surface area contributed by atoms with Crippen LogP contribution in [0.4, 0.5) is 11.4 Å². The van der Waals surface area contributed by atoms with Gasteiger partial charge in [0.2, 0.25) is 10.0 Å². The maximum Gasteiger partial charge on any atom is 0.257 e. The van der Waals surface area contributed by atoms with Crippen LogP contribution in [0.15, 0.2) is 42.5 Å². The molecule has 1 N–H and O–H groups in total. The number of carbonyl (C=O) groups excluding carboxylic acids is 1. The number of piperazine rings is 1. The molecule has 0 aromatic heterocycles. The van der Waals surface area contributed by atoms with Crippen molar-refractivity contribution in [2.75, 3.05) is 42.7 Å². The van der Waals surface area contributed by atoms with Gasteiger partial charge in [0.15, 0.2) is 0 Å². The second kappa shape index (κ2) is 8.06. The van der Waals surface area contributed by atoms with E-state index in [-0.39, 0.29) is 10.9 Å². The average molecular weight is 428 g/mol. The predicted octanol–water partition coefficient (Wildman–Crippen LogP) is 3.33. The van der Waals surface area contributed by atoms with Crippen molar-refractivity contribution in [2.24, 2.45) is 0 Å². The zero-order valence-corrected chi connectivity index (χ0v) is 17.0. The first-order chi connectivity index (χ1) is 12.8. The highest BCUT2D eigenvalue weighted by molar-refractivity contribution is 7.88. The summed E-state index contributed by atoms with van der Waals surface area (Å²) in [7, 11) is -3.19. The van der Waals surface area contributed by atoms with Gasteiger partial charge in [-0.3, -0.25) is 4.79 Å². The van der Waals surface area contributed by atoms with Crippen molar-refractivity contribution in [3.8, 4) is 0 Å². The van der Waals surface area contributed by atoms with E-state index in [0.29, 0.717) is 42.5 Å². The molecule has 0 unspecified atom stereocenters. The molecule has 2 aromatic carbocycles. The van der Waals surface area contributed by atoms with Crippen molar-refractivity contribution >= 4 is 50.5 Å². The number of sulfonamides is 1. The van der Waals surface area contributed by atoms with E-state index in [2.05, 4.69) is 10.2 Å². The number of benzene rings is 2. The van der Waals surface area contributed by atoms with Crippen molar-refractivity contribution in [3.63, 3.8) is 0 Å². The number of nitrogens with one attached hydrogen (secondary N) is 1. The Morgan fingerprint density at radius 2 is 1.70 bits per heavy atom. The molecule has 27 heavy (non-hydrogen) atoms. The molecule has 0 bridgehead atoms. The van der Waals surface area contributed by atoms with Crippen LogP contribution < -0.4 is 10.2 Å². The SMILES string of the molecule is CS(=O)(=O)N1CCN(c2ccccc2NC(=O)c2ccc(Cl)cc2Cl)CC1. The third kappa shape index (κ3) is 4.73. The quantitative estimate of drug-likeness (QED) is 0.811. The van der Waals surface area contributed by atoms with E-state index in [1.165, 1.54) is 16.6 Å². The van der Waals surface area contributed by atoms with E-state index in [1.807, 2.05) is 18.2 Å². The third-order valence-corrected chi connectivity index (χ3v) is 6.23. The van der Waals surface area contributed by atoms with Crippen molar-refractivity contribution in [3.05, 3.63) is 58.1 Å². The van der Waals surface area contributed by atoms with E-state index in [4.69, 9.17) is 23.2 Å². The highest BCUT2D eigenvalue weighted by Crippen LogP contribution is 2.28. The van der Waals surface area contributed by atoms with Crippen LogP contribution in [0, 0.1) is 0 Å². The minimum Gasteiger partial charge on any atom is -0.367 e. The van der Waals surface area contributed by atoms with Gasteiger partial charge in [-0.2, -0.15) is 4.31 Å². The van der Waals surface area contributed by atoms with E-state index in [9.17, 15) is 13.2 Å². The van der Waals surface area contributed by atoms with Gasteiger partial charge >= 0.3 is 0 Å². The lowest BCUT2D eigenvalue weighted by molar-refractivity contribution is 0.102. The molecule has 144 valence electrons. The van der Waals surface area contributed by atoms with Crippen LogP contribution in [0.3, 0.4) is 0 Å². The van der Waals surface area contributed by atoms with Crippen LogP contribution in [0.25, 0.3) is 0 Å². The largest absolute Gasteiger partial charge is 0.367 e. The highest BCUT2D eigenvalue weighted by atomic mass is 35.5. The van der Waals surface area contributed by atoms with Gasteiger partial charge < -0.3 is 10.2 Å². The Labute approximate surface area is 168 Å². The summed E-state index contributed by atoms with van der Waals surface area (Å²) in [5.74, 6) is -0.334. The standard InChI is InChI=1S/C18H19Cl2N3O3S/c1-27(25,26)23-10-8-22(9-11-23)17-5-3-2-4-16(17)21-18(24)14-7-6-13(19)12-15(14)20/h2-7,12H,8-11H2,1H3,(H,21,24). The van der Waals surface area contributed by atoms with Crippen LogP contribution in [-0.2, 0) is 10.0 Å². The summed E-state index contributed by atoms with van der Waals surface area (Å²) < 4.78 is 24.8. The summed E-state index contributed by atoms with van der Waals surface area (Å²) in [6.07, 6.45) is 1.21. The Morgan fingerprint density at radius 1 is 1.04 bits per heavy atom. The van der Waals surface area contributed by atoms with Gasteiger partial charge in [0.05, 0.1) is 28.2 Å². The van der Waals surface area contributed by atoms with E-state index < -0.39 is 10.0 Å². The van der Waals surface area contributed by atoms with Crippen molar-refractivity contribution in [1.29, 1.82) is 0 Å². The Morgan fingerprint density at radius 3 is 2.33 bits per heavy atom. The zero-order valence-electron chi connectivity index (χ0n) is 14.7. The molecule has 2 aromatic rings. The monoisotopic (exact) mass is 427 g/mol. The maximum atomic E-state index is 12.6. The molecule has 3 rings (SSSR count). The summed E-state index contributed by atoms with van der Waals surface area (Å²) in [5, 5.41) is 3.62. The van der Waals surface area contributed by atoms with Gasteiger partial charge in [-0.05, 0) is 30.3 Å². The number of nitrogens with zero attached hydrogens (tertiary/aromatic N) is 2. The van der Waals surface area contributed by atoms with Crippen LogP contribution in [0.1, 0.15) is 10.4 Å². The Balaban J connectivity index is 1.78. The summed E-state index contributed by atoms with van der Waals surface area (Å²) in [6.45, 7) is 1.90. The molecule has 6 nitrogen and oxygen atoms in total. The molecule has 1 aliphatic heterocycles. The molecule has 0 radical (unpaired) electrons. The fourth-order valence-electron chi connectivity index (χ4n) is 2.98. The minimum absolute atomic E-state index is 0.277. The van der Waals surface area contributed by atoms with E-state index in [1.54, 1.807) is 18.2 Å². The van der Waals surface area contributed by atoms with Crippen LogP contribution in [0.5, 0.6) is 0 Å². The average Bonchev–Trinajstić information content (AvgIpc) is 2.61. The smallest absolute Gasteiger partial charge is 0.257 e. The number of para-hydroxylation sites is 2. The normalized spacial score (nSPS) is 15.6. The van der Waals surface area contributed by atoms with Gasteiger partial charge in [-0.15, -0.1) is 0 Å². The second-order valence-electron chi connectivity index (χ2n) is 6.24. The fourth-order valence-corrected chi connectivity index (χ4v) is 4.30. The number of anilines is 2. The number of hydrogen-bond acceptors (Lipinski definition) is 4. The molecule has 0 atom stereocenters. The first-order valence-corrected chi connectivity index (χ1v) is 10.9. The number of amides is 1. The Kier molecular flexibility index (Phi) is 5.95. The lowest BCUT2D eigenvalue weighted by Gasteiger charge is -2.35. The number of halogens is 2. The summed E-state index contributed by atoms with van der Waals surface area (Å²) in [4.78, 5) is 14.7. The Bertz CT molecular complexity index is 958. The molecular weight excluding hydrogens is 409 g/mol. The van der Waals surface area contributed by atoms with Gasteiger partial charge in [0.1, 0.15) is 0 Å². The predicted molar refractivity (Wildman–Crippen MR) is 109 cm³/mol. The van der Waals surface area contributed by atoms with Crippen molar-refractivity contribution in [1.82, 2.24) is 4.31 Å². The summed E-state index contributed by atoms with van der Waals surface area (Å²) in [5.41, 5.74) is 1.81. The van der Waals surface area contributed by atoms with Gasteiger partial charge in [-0.25, -0.2) is 8.42 Å². The van der Waals surface area contributed by atoms with Gasteiger partial charge in [0.25, 0.3) is 5.91 Å². The molecule has 0 aliphatic carbocycles. The molecule has 0 saturated carbocycles. The number of hydrogen-bond donors (Lipinski definition) is 1. The van der Waals surface area contributed by atoms with Gasteiger partial charge in [-0.1, -0.05) is 35.3 Å². The lowest BCUT2D eigenvalue weighted by atomic mass is 10.2. The molecule has 0 spiro atoms. The zero-order chi connectivity index (χ0) is 19.6. The molecule has 9 heteroatoms. The molecule has 1 aliphatic rings. The van der Waals surface area contributed by atoms with Crippen molar-refractivity contribution < 1.29 is 13.2 Å². The van der Waals surface area contributed by atoms with Crippen LogP contribution in [0.2, 0.25) is 10.0 Å². The second-order valence-corrected chi connectivity index (χ2v) is 9.07. The third-order valence-electron chi connectivity index (χ3n) is 4.38. The van der Waals surface area contributed by atoms with Crippen LogP contribution >= 0.6 is 23.2 Å². The number of rotatable bonds is 4. The maximum absolute atomic E-state index is 12.6. The fraction of sp³-hybridized carbons (Fsp3) is 0.278. The lowest BCUT2D eigenvalue weighted by Crippen LogP contribution is -2.48. The van der Waals surface area contributed by atoms with Gasteiger partial charge in [0, 0.05) is 31.2 Å². The summed E-state index contributed by atoms with van der Waals surface area (Å²) >= 11 is 12.0. The molecule has 1 amide bonds. The number of carbonyl (C=O) groups is 1. The van der Waals surface area contributed by atoms with Crippen molar-refractivity contribution in [2.45, 2.75) is 0 Å². The highest BCUT2D eigenvalue weighted by Gasteiger charge is 2.25. The molecular formula is C18H19Cl2N3O3S. The molecule has 1 fully saturated rings. The van der Waals surface area contributed by atoms with Crippen LogP contribution in [-0.4, -0.2) is 51.1 Å². The first kappa shape index (κ1) is 19.9. The van der Waals surface area contributed by atoms with E-state index in [0.717, 1.165) is 5.69 Å². The minimum atomic E-state index is -3.19. The Hall–Kier alpha value is -1.80. The topological polar surface area (TPSA) is 69.7 Å². The van der Waals surface area contributed by atoms with E-state index >= 15 is 0 Å². The summed E-state index contributed by atoms with van der Waals surface area (Å²) in [6, 6.07) is 12.1. The first-order valence-electron chi connectivity index (χ1n) is 8.31. The molecule has 1 heterocycles.